The minimum atomic E-state index is -0.626. The largest absolute Gasteiger partial charge is 0.490 e. The summed E-state index contributed by atoms with van der Waals surface area (Å²) in [5.74, 6) is -0.0371. The molecule has 4 aromatic carbocycles. The fourth-order valence-electron chi connectivity index (χ4n) is 5.72. The monoisotopic (exact) mass is 545 g/mol. The van der Waals surface area contributed by atoms with Crippen LogP contribution in [0.5, 0.6) is 11.5 Å². The van der Waals surface area contributed by atoms with Crippen molar-refractivity contribution in [2.75, 3.05) is 13.2 Å². The predicted octanol–water partition coefficient (Wildman–Crippen LogP) is 6.95. The number of nitrogens with one attached hydrogen (secondary N) is 1. The van der Waals surface area contributed by atoms with Crippen LogP contribution in [0, 0.1) is 0 Å². The number of Topliss-reactive ketones (excluding diaryl/α,β-unsaturated/α-hetero) is 1. The highest BCUT2D eigenvalue weighted by molar-refractivity contribution is 6.23. The minimum absolute atomic E-state index is 0.100. The summed E-state index contributed by atoms with van der Waals surface area (Å²) < 4.78 is 17.7. The minimum Gasteiger partial charge on any atom is -0.490 e. The third-order valence-corrected chi connectivity index (χ3v) is 7.55. The summed E-state index contributed by atoms with van der Waals surface area (Å²) in [5, 5.41) is 5.67. The lowest BCUT2D eigenvalue weighted by Crippen LogP contribution is -2.29. The summed E-state index contributed by atoms with van der Waals surface area (Å²) in [6, 6.07) is 27.6. The molecule has 0 bridgehead atoms. The maximum absolute atomic E-state index is 13.7. The Kier molecular flexibility index (Phi) is 7.06. The van der Waals surface area contributed by atoms with Crippen LogP contribution >= 0.6 is 0 Å². The van der Waals surface area contributed by atoms with Gasteiger partial charge in [-0.1, -0.05) is 66.7 Å². The van der Waals surface area contributed by atoms with Crippen LogP contribution in [0.2, 0.25) is 0 Å². The van der Waals surface area contributed by atoms with E-state index in [-0.39, 0.29) is 12.4 Å². The lowest BCUT2D eigenvalue weighted by molar-refractivity contribution is -0.138. The van der Waals surface area contributed by atoms with E-state index in [0.717, 1.165) is 27.8 Å². The summed E-state index contributed by atoms with van der Waals surface area (Å²) in [6.45, 7) is 6.56. The van der Waals surface area contributed by atoms with Gasteiger partial charge in [0.2, 0.25) is 0 Å². The predicted molar refractivity (Wildman–Crippen MR) is 159 cm³/mol. The molecule has 6 heteroatoms. The Morgan fingerprint density at radius 1 is 0.805 bits per heavy atom. The van der Waals surface area contributed by atoms with E-state index >= 15 is 0 Å². The second-order valence-corrected chi connectivity index (χ2v) is 10.1. The normalized spacial score (nSPS) is 15.9. The Morgan fingerprint density at radius 2 is 1.56 bits per heavy atom. The molecule has 0 unspecified atom stereocenters. The van der Waals surface area contributed by atoms with Crippen molar-refractivity contribution in [2.24, 2.45) is 0 Å². The van der Waals surface area contributed by atoms with Gasteiger partial charge < -0.3 is 19.5 Å². The Hall–Kier alpha value is -4.84. The number of dihydropyridines is 1. The fraction of sp³-hybridized carbons (Fsp3) is 0.200. The first kappa shape index (κ1) is 26.4. The zero-order valence-corrected chi connectivity index (χ0v) is 23.3. The number of hydrogen-bond acceptors (Lipinski definition) is 6. The van der Waals surface area contributed by atoms with Crippen molar-refractivity contribution in [1.29, 1.82) is 0 Å². The van der Waals surface area contributed by atoms with Gasteiger partial charge in [-0.25, -0.2) is 4.79 Å². The molecule has 2 aliphatic rings. The van der Waals surface area contributed by atoms with Crippen LogP contribution in [0.4, 0.5) is 0 Å². The van der Waals surface area contributed by atoms with Crippen LogP contribution in [0.3, 0.4) is 0 Å². The lowest BCUT2D eigenvalue weighted by Gasteiger charge is -2.29. The highest BCUT2D eigenvalue weighted by Crippen LogP contribution is 2.48. The number of hydrogen-bond donors (Lipinski definition) is 1. The van der Waals surface area contributed by atoms with E-state index < -0.39 is 11.9 Å². The van der Waals surface area contributed by atoms with Gasteiger partial charge in [-0.2, -0.15) is 0 Å². The number of ether oxygens (including phenoxy) is 3. The SMILES string of the molecule is CCOC(=O)C1=C(C)NC2=C(C(=O)c3ccccc32)[C@H]1c1ccc(OCc2ccc3ccccc3c2)c(OCC)c1. The van der Waals surface area contributed by atoms with Gasteiger partial charge in [0.15, 0.2) is 17.3 Å². The van der Waals surface area contributed by atoms with Crippen LogP contribution < -0.4 is 14.8 Å². The second kappa shape index (κ2) is 11.0. The Balaban J connectivity index is 1.38. The first-order valence-corrected chi connectivity index (χ1v) is 13.9. The number of carbonyl (C=O) groups excluding carboxylic acids is 2. The molecule has 6 nitrogen and oxygen atoms in total. The zero-order valence-electron chi connectivity index (χ0n) is 23.3. The Morgan fingerprint density at radius 3 is 2.34 bits per heavy atom. The third-order valence-electron chi connectivity index (χ3n) is 7.55. The van der Waals surface area contributed by atoms with E-state index in [0.29, 0.717) is 47.1 Å². The van der Waals surface area contributed by atoms with Gasteiger partial charge in [0.1, 0.15) is 6.61 Å². The average molecular weight is 546 g/mol. The van der Waals surface area contributed by atoms with Gasteiger partial charge in [-0.15, -0.1) is 0 Å². The van der Waals surface area contributed by atoms with Crippen molar-refractivity contribution in [3.8, 4) is 11.5 Å². The van der Waals surface area contributed by atoms with Gasteiger partial charge in [-0.05, 0) is 60.9 Å². The average Bonchev–Trinajstić information content (AvgIpc) is 3.27. The number of benzene rings is 4. The van der Waals surface area contributed by atoms with E-state index in [2.05, 4.69) is 35.6 Å². The number of carbonyl (C=O) groups is 2. The first-order chi connectivity index (χ1) is 20.0. The molecule has 4 aromatic rings. The quantitative estimate of drug-likeness (QED) is 0.242. The lowest BCUT2D eigenvalue weighted by atomic mass is 9.79. The van der Waals surface area contributed by atoms with Gasteiger partial charge in [0, 0.05) is 28.3 Å². The van der Waals surface area contributed by atoms with Crippen molar-refractivity contribution >= 4 is 28.2 Å². The molecule has 0 spiro atoms. The molecule has 0 saturated carbocycles. The highest BCUT2D eigenvalue weighted by atomic mass is 16.5. The molecule has 6 rings (SSSR count). The van der Waals surface area contributed by atoms with Gasteiger partial charge in [-0.3, -0.25) is 4.79 Å². The van der Waals surface area contributed by atoms with Crippen molar-refractivity contribution in [1.82, 2.24) is 5.32 Å². The molecular weight excluding hydrogens is 514 g/mol. The van der Waals surface area contributed by atoms with Gasteiger partial charge in [0.25, 0.3) is 0 Å². The van der Waals surface area contributed by atoms with Crippen LogP contribution in [0.25, 0.3) is 16.5 Å². The van der Waals surface area contributed by atoms with Crippen LogP contribution in [-0.4, -0.2) is 25.0 Å². The number of esters is 1. The molecule has 1 heterocycles. The summed E-state index contributed by atoms with van der Waals surface area (Å²) in [5.41, 5.74) is 5.59. The topological polar surface area (TPSA) is 73.9 Å². The van der Waals surface area contributed by atoms with E-state index in [1.165, 1.54) is 5.39 Å². The summed E-state index contributed by atoms with van der Waals surface area (Å²) in [7, 11) is 0. The maximum Gasteiger partial charge on any atom is 0.336 e. The summed E-state index contributed by atoms with van der Waals surface area (Å²) >= 11 is 0. The smallest absolute Gasteiger partial charge is 0.336 e. The maximum atomic E-state index is 13.7. The number of ketones is 1. The standard InChI is InChI=1S/C35H31NO5/c1-4-39-29-19-25(16-17-28(29)41-20-22-14-15-23-10-6-7-11-24(23)18-22)31-30(35(38)40-5-2)21(3)36-33-26-12-8-9-13-27(26)34(37)32(31)33/h6-19,31,36H,4-5,20H2,1-3H3/t31-/m0/s1. The molecule has 206 valence electrons. The number of allylic oxidation sites excluding steroid dienone is 2. The molecule has 0 amide bonds. The van der Waals surface area contributed by atoms with Crippen LogP contribution in [0.15, 0.2) is 102 Å². The van der Waals surface area contributed by atoms with Crippen molar-refractivity contribution in [3.63, 3.8) is 0 Å². The molecule has 1 aliphatic carbocycles. The summed E-state index contributed by atoms with van der Waals surface area (Å²) in [4.78, 5) is 27.0. The molecule has 0 fully saturated rings. The molecule has 1 aliphatic heterocycles. The third kappa shape index (κ3) is 4.76. The fourth-order valence-corrected chi connectivity index (χ4v) is 5.72. The van der Waals surface area contributed by atoms with Crippen molar-refractivity contribution in [2.45, 2.75) is 33.3 Å². The molecule has 1 N–H and O–H groups in total. The van der Waals surface area contributed by atoms with Crippen molar-refractivity contribution in [3.05, 3.63) is 124 Å². The van der Waals surface area contributed by atoms with Gasteiger partial charge in [0.05, 0.1) is 24.5 Å². The van der Waals surface area contributed by atoms with E-state index in [9.17, 15) is 9.59 Å². The molecule has 0 saturated heterocycles. The second-order valence-electron chi connectivity index (χ2n) is 10.1. The Labute approximate surface area is 239 Å². The van der Waals surface area contributed by atoms with Crippen LogP contribution in [0.1, 0.15) is 53.7 Å². The Bertz CT molecular complexity index is 1750. The molecule has 41 heavy (non-hydrogen) atoms. The molecule has 1 atom stereocenters. The molecular formula is C35H31NO5. The molecule has 0 aromatic heterocycles. The molecule has 0 radical (unpaired) electrons. The zero-order chi connectivity index (χ0) is 28.5. The van der Waals surface area contributed by atoms with E-state index in [1.807, 2.05) is 68.4 Å². The van der Waals surface area contributed by atoms with Crippen LogP contribution in [-0.2, 0) is 16.1 Å². The van der Waals surface area contributed by atoms with Gasteiger partial charge >= 0.3 is 5.97 Å². The summed E-state index contributed by atoms with van der Waals surface area (Å²) in [6.07, 6.45) is 0. The van der Waals surface area contributed by atoms with E-state index in [4.69, 9.17) is 14.2 Å². The van der Waals surface area contributed by atoms with Crippen molar-refractivity contribution < 1.29 is 23.8 Å². The number of fused-ring (bicyclic) bond motifs is 3. The van der Waals surface area contributed by atoms with E-state index in [1.54, 1.807) is 6.92 Å². The first-order valence-electron chi connectivity index (χ1n) is 13.9. The number of rotatable bonds is 8. The highest BCUT2D eigenvalue weighted by Gasteiger charge is 2.43.